The van der Waals surface area contributed by atoms with E-state index in [1.54, 1.807) is 0 Å². The summed E-state index contributed by atoms with van der Waals surface area (Å²) >= 11 is 0. The number of aliphatic hydroxyl groups excluding tert-OH is 6. The lowest BCUT2D eigenvalue weighted by Crippen LogP contribution is -2.68. The van der Waals surface area contributed by atoms with Gasteiger partial charge in [-0.05, 0) is 0 Å². The van der Waals surface area contributed by atoms with Gasteiger partial charge < -0.3 is 35.7 Å². The molecule has 7 N–H and O–H groups in total. The first-order valence-electron chi connectivity index (χ1n) is 5.03. The average molecular weight is 238 g/mol. The summed E-state index contributed by atoms with van der Waals surface area (Å²) in [6.07, 6.45) is -4.94. The highest BCUT2D eigenvalue weighted by Gasteiger charge is 2.57. The molecule has 1 aliphatic carbocycles. The van der Waals surface area contributed by atoms with Crippen molar-refractivity contribution in [3.63, 3.8) is 0 Å². The Morgan fingerprint density at radius 1 is 0.875 bits per heavy atom. The molecule has 7 heteroatoms. The highest BCUT2D eigenvalue weighted by atomic mass is 16.4. The third-order valence-corrected chi connectivity index (χ3v) is 3.44. The van der Waals surface area contributed by atoms with Gasteiger partial charge in [-0.3, -0.25) is 0 Å². The van der Waals surface area contributed by atoms with Crippen LogP contribution < -0.4 is 0 Å². The second-order valence-electron chi connectivity index (χ2n) is 4.21. The summed E-state index contributed by atoms with van der Waals surface area (Å²) in [4.78, 5) is 0. The molecule has 0 aromatic rings. The summed E-state index contributed by atoms with van der Waals surface area (Å²) in [6, 6.07) is 0. The Labute approximate surface area is 92.2 Å². The van der Waals surface area contributed by atoms with Crippen LogP contribution in [0, 0.1) is 11.8 Å². The molecule has 0 saturated heterocycles. The van der Waals surface area contributed by atoms with Crippen LogP contribution in [0.25, 0.3) is 0 Å². The third kappa shape index (κ3) is 1.84. The molecule has 16 heavy (non-hydrogen) atoms. The van der Waals surface area contributed by atoms with E-state index in [0.29, 0.717) is 0 Å². The first kappa shape index (κ1) is 13.8. The maximum atomic E-state index is 9.96. The van der Waals surface area contributed by atoms with Crippen LogP contribution >= 0.6 is 0 Å². The molecule has 0 aliphatic heterocycles. The van der Waals surface area contributed by atoms with E-state index in [1.165, 1.54) is 0 Å². The van der Waals surface area contributed by atoms with Crippen LogP contribution in [0.3, 0.4) is 0 Å². The Bertz CT molecular complexity index is 234. The molecule has 6 atom stereocenters. The highest BCUT2D eigenvalue weighted by molar-refractivity contribution is 5.06. The minimum atomic E-state index is -2.14. The van der Waals surface area contributed by atoms with Crippen LogP contribution in [0.15, 0.2) is 0 Å². The van der Waals surface area contributed by atoms with Crippen LogP contribution in [0.5, 0.6) is 0 Å². The maximum absolute atomic E-state index is 9.96. The number of hydrogen-bond acceptors (Lipinski definition) is 7. The molecule has 0 aromatic heterocycles. The van der Waals surface area contributed by atoms with Crippen molar-refractivity contribution in [3.8, 4) is 0 Å². The minimum absolute atomic E-state index is 0.585. The molecule has 7 nitrogen and oxygen atoms in total. The van der Waals surface area contributed by atoms with Crippen molar-refractivity contribution in [2.24, 2.45) is 11.8 Å². The summed E-state index contributed by atoms with van der Waals surface area (Å²) in [6.45, 7) is -2.11. The molecule has 0 aromatic carbocycles. The monoisotopic (exact) mass is 238 g/mol. The van der Waals surface area contributed by atoms with Crippen molar-refractivity contribution < 1.29 is 35.7 Å². The molecular formula is C9H18O7. The van der Waals surface area contributed by atoms with Crippen molar-refractivity contribution in [2.75, 3.05) is 19.8 Å². The van der Waals surface area contributed by atoms with Crippen LogP contribution in [-0.4, -0.2) is 79.5 Å². The lowest BCUT2D eigenvalue weighted by molar-refractivity contribution is -0.254. The zero-order chi connectivity index (χ0) is 12.5. The quantitative estimate of drug-likeness (QED) is 0.266. The summed E-state index contributed by atoms with van der Waals surface area (Å²) in [7, 11) is 0. The van der Waals surface area contributed by atoms with Gasteiger partial charge in [-0.25, -0.2) is 0 Å². The first-order chi connectivity index (χ1) is 7.43. The average Bonchev–Trinajstić information content (AvgIpc) is 2.30. The zero-order valence-corrected chi connectivity index (χ0v) is 8.64. The van der Waals surface area contributed by atoms with Gasteiger partial charge in [-0.15, -0.1) is 0 Å². The molecule has 0 amide bonds. The molecule has 1 rings (SSSR count). The molecule has 0 bridgehead atoms. The lowest BCUT2D eigenvalue weighted by atomic mass is 9.65. The van der Waals surface area contributed by atoms with Crippen LogP contribution in [0.2, 0.25) is 0 Å². The van der Waals surface area contributed by atoms with Gasteiger partial charge in [-0.2, -0.15) is 0 Å². The smallest absolute Gasteiger partial charge is 0.121 e. The van der Waals surface area contributed by atoms with Crippen molar-refractivity contribution in [1.29, 1.82) is 0 Å². The van der Waals surface area contributed by atoms with E-state index in [1.807, 2.05) is 0 Å². The van der Waals surface area contributed by atoms with Gasteiger partial charge in [0, 0.05) is 25.0 Å². The second-order valence-corrected chi connectivity index (χ2v) is 4.21. The standard InChI is InChI=1S/C9H18O7/c10-1-4-5(2-11)9(16,3-12)8(15)7(14)6(4)13/h4-8,10-16H,1-3H2/t4-,5+,6+,7+,8+,9+/m0/s1. The van der Waals surface area contributed by atoms with E-state index >= 15 is 0 Å². The normalized spacial score (nSPS) is 49.3. The van der Waals surface area contributed by atoms with E-state index in [-0.39, 0.29) is 0 Å². The van der Waals surface area contributed by atoms with Gasteiger partial charge in [0.1, 0.15) is 17.8 Å². The fraction of sp³-hybridized carbons (Fsp3) is 1.00. The minimum Gasteiger partial charge on any atom is -0.396 e. The Balaban J connectivity index is 3.07. The number of hydrogen-bond donors (Lipinski definition) is 7. The van der Waals surface area contributed by atoms with Crippen molar-refractivity contribution in [1.82, 2.24) is 0 Å². The van der Waals surface area contributed by atoms with E-state index in [2.05, 4.69) is 0 Å². The van der Waals surface area contributed by atoms with Gasteiger partial charge in [0.15, 0.2) is 0 Å². The van der Waals surface area contributed by atoms with Gasteiger partial charge in [0.2, 0.25) is 0 Å². The molecule has 1 saturated carbocycles. The zero-order valence-electron chi connectivity index (χ0n) is 8.64. The van der Waals surface area contributed by atoms with E-state index in [9.17, 15) is 20.4 Å². The lowest BCUT2D eigenvalue weighted by Gasteiger charge is -2.49. The largest absolute Gasteiger partial charge is 0.396 e. The molecule has 0 heterocycles. The fourth-order valence-corrected chi connectivity index (χ4v) is 2.30. The predicted octanol–water partition coefficient (Wildman–Crippen LogP) is -3.98. The Hall–Kier alpha value is -0.280. The van der Waals surface area contributed by atoms with Gasteiger partial charge in [0.25, 0.3) is 0 Å². The Morgan fingerprint density at radius 3 is 1.81 bits per heavy atom. The number of rotatable bonds is 3. The van der Waals surface area contributed by atoms with Crippen molar-refractivity contribution in [2.45, 2.75) is 23.9 Å². The van der Waals surface area contributed by atoms with Crippen molar-refractivity contribution in [3.05, 3.63) is 0 Å². The molecule has 0 radical (unpaired) electrons. The molecule has 0 unspecified atom stereocenters. The molecule has 1 fully saturated rings. The Morgan fingerprint density at radius 2 is 1.44 bits per heavy atom. The Kier molecular flexibility index (Phi) is 4.24. The second kappa shape index (κ2) is 4.92. The van der Waals surface area contributed by atoms with Gasteiger partial charge >= 0.3 is 0 Å². The maximum Gasteiger partial charge on any atom is 0.121 e. The summed E-state index contributed by atoms with van der Waals surface area (Å²) in [5, 5.41) is 65.7. The SMILES string of the molecule is OC[C@@H]1[C@@H](O)[C@@H](O)[C@@H](O)[C@@](O)(CO)[C@@H]1CO. The van der Waals surface area contributed by atoms with Gasteiger partial charge in [0.05, 0.1) is 12.7 Å². The molecule has 96 valence electrons. The molecule has 0 spiro atoms. The fourth-order valence-electron chi connectivity index (χ4n) is 2.30. The highest BCUT2D eigenvalue weighted by Crippen LogP contribution is 2.38. The van der Waals surface area contributed by atoms with E-state index in [4.69, 9.17) is 15.3 Å². The molecular weight excluding hydrogens is 220 g/mol. The predicted molar refractivity (Wildman–Crippen MR) is 51.2 cm³/mol. The van der Waals surface area contributed by atoms with Gasteiger partial charge in [-0.1, -0.05) is 0 Å². The van der Waals surface area contributed by atoms with Crippen LogP contribution in [0.4, 0.5) is 0 Å². The summed E-state index contributed by atoms with van der Waals surface area (Å²) in [5.74, 6) is -2.13. The molecule has 1 aliphatic rings. The number of aliphatic hydroxyl groups is 7. The summed E-state index contributed by atoms with van der Waals surface area (Å²) in [5.41, 5.74) is -2.14. The first-order valence-corrected chi connectivity index (χ1v) is 5.03. The summed E-state index contributed by atoms with van der Waals surface area (Å²) < 4.78 is 0. The van der Waals surface area contributed by atoms with Crippen molar-refractivity contribution >= 4 is 0 Å². The van der Waals surface area contributed by atoms with E-state index in [0.717, 1.165) is 0 Å². The van der Waals surface area contributed by atoms with E-state index < -0.39 is 55.6 Å². The van der Waals surface area contributed by atoms with Crippen LogP contribution in [-0.2, 0) is 0 Å². The van der Waals surface area contributed by atoms with Crippen LogP contribution in [0.1, 0.15) is 0 Å². The topological polar surface area (TPSA) is 142 Å². The third-order valence-electron chi connectivity index (χ3n) is 3.44.